The first-order valence-corrected chi connectivity index (χ1v) is 3.57. The Morgan fingerprint density at radius 2 is 2.42 bits per heavy atom. The minimum Gasteiger partial charge on any atom is -0.463 e. The van der Waals surface area contributed by atoms with Crippen LogP contribution >= 0.6 is 0 Å². The zero-order chi connectivity index (χ0) is 8.39. The van der Waals surface area contributed by atoms with Crippen molar-refractivity contribution in [2.24, 2.45) is 0 Å². The molecule has 2 aromatic rings. The van der Waals surface area contributed by atoms with Gasteiger partial charge in [-0.3, -0.25) is 4.79 Å². The minimum atomic E-state index is 0.626. The van der Waals surface area contributed by atoms with Crippen molar-refractivity contribution in [3.8, 4) is 11.5 Å². The molecular weight excluding hydrogens is 154 g/mol. The van der Waals surface area contributed by atoms with Crippen molar-refractivity contribution in [2.45, 2.75) is 0 Å². The quantitative estimate of drug-likeness (QED) is 0.685. The molecule has 12 heavy (non-hydrogen) atoms. The first-order valence-electron chi connectivity index (χ1n) is 3.57. The number of nitrogens with one attached hydrogen (secondary N) is 1. The summed E-state index contributed by atoms with van der Waals surface area (Å²) in [7, 11) is 0. The lowest BCUT2D eigenvalue weighted by molar-refractivity contribution is 0.112. The van der Waals surface area contributed by atoms with Crippen LogP contribution in [0.1, 0.15) is 10.4 Å². The van der Waals surface area contributed by atoms with Crippen molar-refractivity contribution in [2.75, 3.05) is 0 Å². The Hall–Kier alpha value is -1.77. The SMILES string of the molecule is O=Cc1c[nH]c(-c2ccco2)c1. The van der Waals surface area contributed by atoms with Gasteiger partial charge in [0.25, 0.3) is 0 Å². The van der Waals surface area contributed by atoms with Crippen LogP contribution in [-0.2, 0) is 0 Å². The molecule has 0 spiro atoms. The number of H-pyrrole nitrogens is 1. The van der Waals surface area contributed by atoms with Crippen molar-refractivity contribution >= 4 is 6.29 Å². The van der Waals surface area contributed by atoms with E-state index in [1.807, 2.05) is 6.07 Å². The maximum absolute atomic E-state index is 10.3. The smallest absolute Gasteiger partial charge is 0.151 e. The zero-order valence-corrected chi connectivity index (χ0v) is 6.28. The summed E-state index contributed by atoms with van der Waals surface area (Å²) in [6, 6.07) is 5.38. The summed E-state index contributed by atoms with van der Waals surface area (Å²) < 4.78 is 5.13. The summed E-state index contributed by atoms with van der Waals surface area (Å²) in [5.41, 5.74) is 1.45. The number of hydrogen-bond acceptors (Lipinski definition) is 2. The van der Waals surface area contributed by atoms with Crippen molar-refractivity contribution < 1.29 is 9.21 Å². The molecule has 60 valence electrons. The van der Waals surface area contributed by atoms with Gasteiger partial charge in [-0.25, -0.2) is 0 Å². The van der Waals surface area contributed by atoms with E-state index in [4.69, 9.17) is 4.42 Å². The van der Waals surface area contributed by atoms with Gasteiger partial charge in [-0.2, -0.15) is 0 Å². The van der Waals surface area contributed by atoms with Crippen LogP contribution in [0.25, 0.3) is 11.5 Å². The summed E-state index contributed by atoms with van der Waals surface area (Å²) in [5.74, 6) is 0.739. The number of furan rings is 1. The molecule has 0 radical (unpaired) electrons. The molecule has 0 aliphatic carbocycles. The summed E-state index contributed by atoms with van der Waals surface area (Å²) in [4.78, 5) is 13.3. The highest BCUT2D eigenvalue weighted by Crippen LogP contribution is 2.18. The van der Waals surface area contributed by atoms with E-state index in [1.165, 1.54) is 0 Å². The molecule has 0 amide bonds. The number of carbonyl (C=O) groups is 1. The molecule has 2 rings (SSSR count). The lowest BCUT2D eigenvalue weighted by Gasteiger charge is -1.86. The van der Waals surface area contributed by atoms with E-state index < -0.39 is 0 Å². The molecule has 0 saturated heterocycles. The molecule has 0 bridgehead atoms. The molecule has 0 aliphatic rings. The van der Waals surface area contributed by atoms with Crippen molar-refractivity contribution in [3.63, 3.8) is 0 Å². The van der Waals surface area contributed by atoms with Gasteiger partial charge in [0.2, 0.25) is 0 Å². The van der Waals surface area contributed by atoms with E-state index in [2.05, 4.69) is 4.98 Å². The molecule has 1 N–H and O–H groups in total. The first kappa shape index (κ1) is 6.91. The van der Waals surface area contributed by atoms with E-state index in [0.29, 0.717) is 5.56 Å². The van der Waals surface area contributed by atoms with Gasteiger partial charge in [0.1, 0.15) is 5.76 Å². The Morgan fingerprint density at radius 3 is 3.00 bits per heavy atom. The molecule has 0 atom stereocenters. The van der Waals surface area contributed by atoms with Crippen molar-refractivity contribution in [3.05, 3.63) is 36.2 Å². The molecule has 3 nitrogen and oxygen atoms in total. The highest BCUT2D eigenvalue weighted by molar-refractivity contribution is 5.77. The lowest BCUT2D eigenvalue weighted by Crippen LogP contribution is -1.69. The van der Waals surface area contributed by atoms with Gasteiger partial charge < -0.3 is 9.40 Å². The highest BCUT2D eigenvalue weighted by atomic mass is 16.3. The van der Waals surface area contributed by atoms with Gasteiger partial charge in [0.05, 0.1) is 12.0 Å². The van der Waals surface area contributed by atoms with Gasteiger partial charge in [-0.15, -0.1) is 0 Å². The molecule has 0 fully saturated rings. The monoisotopic (exact) mass is 161 g/mol. The highest BCUT2D eigenvalue weighted by Gasteiger charge is 2.02. The topological polar surface area (TPSA) is 46.0 Å². The number of aromatic amines is 1. The molecule has 2 aromatic heterocycles. The second-order valence-corrected chi connectivity index (χ2v) is 2.44. The Morgan fingerprint density at radius 1 is 1.50 bits per heavy atom. The summed E-state index contributed by atoms with van der Waals surface area (Å²) in [6.45, 7) is 0. The van der Waals surface area contributed by atoms with Crippen LogP contribution in [-0.4, -0.2) is 11.3 Å². The molecular formula is C9H7NO2. The van der Waals surface area contributed by atoms with Gasteiger partial charge in [0.15, 0.2) is 6.29 Å². The minimum absolute atomic E-state index is 0.626. The van der Waals surface area contributed by atoms with E-state index >= 15 is 0 Å². The maximum atomic E-state index is 10.3. The van der Waals surface area contributed by atoms with Gasteiger partial charge >= 0.3 is 0 Å². The molecule has 0 saturated carbocycles. The Balaban J connectivity index is 2.41. The fraction of sp³-hybridized carbons (Fsp3) is 0. The predicted molar refractivity (Wildman–Crippen MR) is 43.9 cm³/mol. The number of hydrogen-bond donors (Lipinski definition) is 1. The molecule has 0 unspecified atom stereocenters. The number of aldehydes is 1. The third-order valence-corrected chi connectivity index (χ3v) is 1.63. The summed E-state index contributed by atoms with van der Waals surface area (Å²) in [5, 5.41) is 0. The van der Waals surface area contributed by atoms with E-state index in [0.717, 1.165) is 17.7 Å². The lowest BCUT2D eigenvalue weighted by atomic mass is 10.3. The Kier molecular flexibility index (Phi) is 1.55. The zero-order valence-electron chi connectivity index (χ0n) is 6.28. The Labute approximate surface area is 69.0 Å². The van der Waals surface area contributed by atoms with Crippen LogP contribution in [0, 0.1) is 0 Å². The molecule has 3 heteroatoms. The van der Waals surface area contributed by atoms with E-state index in [9.17, 15) is 4.79 Å². The largest absolute Gasteiger partial charge is 0.463 e. The maximum Gasteiger partial charge on any atom is 0.151 e. The second-order valence-electron chi connectivity index (χ2n) is 2.44. The van der Waals surface area contributed by atoms with Crippen LogP contribution in [0.5, 0.6) is 0 Å². The molecule has 0 aliphatic heterocycles. The van der Waals surface area contributed by atoms with Crippen LogP contribution in [0.2, 0.25) is 0 Å². The van der Waals surface area contributed by atoms with Gasteiger partial charge in [-0.05, 0) is 18.2 Å². The average Bonchev–Trinajstić information content (AvgIpc) is 2.75. The summed E-state index contributed by atoms with van der Waals surface area (Å²) in [6.07, 6.45) is 4.03. The summed E-state index contributed by atoms with van der Waals surface area (Å²) >= 11 is 0. The van der Waals surface area contributed by atoms with Crippen molar-refractivity contribution in [1.82, 2.24) is 4.98 Å². The average molecular weight is 161 g/mol. The Bertz CT molecular complexity index is 373. The van der Waals surface area contributed by atoms with Crippen molar-refractivity contribution in [1.29, 1.82) is 0 Å². The third kappa shape index (κ3) is 1.05. The first-order chi connectivity index (χ1) is 5.90. The van der Waals surface area contributed by atoms with Gasteiger partial charge in [0, 0.05) is 11.8 Å². The normalized spacial score (nSPS) is 10.0. The number of rotatable bonds is 2. The van der Waals surface area contributed by atoms with Crippen LogP contribution < -0.4 is 0 Å². The molecule has 2 heterocycles. The fourth-order valence-electron chi connectivity index (χ4n) is 1.05. The fourth-order valence-corrected chi connectivity index (χ4v) is 1.05. The van der Waals surface area contributed by atoms with E-state index in [-0.39, 0.29) is 0 Å². The van der Waals surface area contributed by atoms with Crippen LogP contribution in [0.3, 0.4) is 0 Å². The standard InChI is InChI=1S/C9H7NO2/c11-6-7-4-8(10-5-7)9-2-1-3-12-9/h1-6,10H. The van der Waals surface area contributed by atoms with E-state index in [1.54, 1.807) is 24.6 Å². The number of carbonyl (C=O) groups excluding carboxylic acids is 1. The number of aromatic nitrogens is 1. The molecule has 0 aromatic carbocycles. The third-order valence-electron chi connectivity index (χ3n) is 1.63. The van der Waals surface area contributed by atoms with Crippen LogP contribution in [0.4, 0.5) is 0 Å². The predicted octanol–water partition coefficient (Wildman–Crippen LogP) is 2.09. The van der Waals surface area contributed by atoms with Crippen LogP contribution in [0.15, 0.2) is 35.1 Å². The second kappa shape index (κ2) is 2.70. The van der Waals surface area contributed by atoms with Gasteiger partial charge in [-0.1, -0.05) is 0 Å².